The van der Waals surface area contributed by atoms with Gasteiger partial charge in [0.1, 0.15) is 5.82 Å². The van der Waals surface area contributed by atoms with Crippen LogP contribution >= 0.6 is 11.6 Å². The van der Waals surface area contributed by atoms with E-state index in [4.69, 9.17) is 16.3 Å². The minimum Gasteiger partial charge on any atom is -0.480 e. The van der Waals surface area contributed by atoms with Gasteiger partial charge in [-0.1, -0.05) is 11.6 Å². The summed E-state index contributed by atoms with van der Waals surface area (Å²) in [7, 11) is 1.59. The lowest BCUT2D eigenvalue weighted by atomic mass is 10.2. The molecule has 0 saturated carbocycles. The van der Waals surface area contributed by atoms with Gasteiger partial charge in [-0.25, -0.2) is 9.97 Å². The van der Waals surface area contributed by atoms with Crippen LogP contribution in [0.5, 0.6) is 5.88 Å². The van der Waals surface area contributed by atoms with E-state index < -0.39 is 0 Å². The van der Waals surface area contributed by atoms with Crippen molar-refractivity contribution in [1.29, 1.82) is 0 Å². The van der Waals surface area contributed by atoms with Crippen LogP contribution in [0.3, 0.4) is 0 Å². The van der Waals surface area contributed by atoms with Gasteiger partial charge in [-0.3, -0.25) is 0 Å². The third-order valence-corrected chi connectivity index (χ3v) is 2.90. The number of nitrogens with one attached hydrogen (secondary N) is 1. The molecule has 0 bridgehead atoms. The second kappa shape index (κ2) is 4.31. The van der Waals surface area contributed by atoms with Crippen molar-refractivity contribution in [2.75, 3.05) is 7.11 Å². The highest BCUT2D eigenvalue weighted by molar-refractivity contribution is 6.31. The lowest BCUT2D eigenvalue weighted by Gasteiger charge is -2.02. The molecule has 2 aromatic heterocycles. The van der Waals surface area contributed by atoms with E-state index in [1.165, 1.54) is 0 Å². The average Bonchev–Trinajstić information content (AvgIpc) is 2.81. The molecule has 0 saturated heterocycles. The van der Waals surface area contributed by atoms with Crippen LogP contribution in [0.4, 0.5) is 0 Å². The van der Waals surface area contributed by atoms with Gasteiger partial charge in [-0.15, -0.1) is 0 Å². The van der Waals surface area contributed by atoms with Crippen molar-refractivity contribution in [3.05, 3.63) is 41.6 Å². The zero-order valence-corrected chi connectivity index (χ0v) is 10.4. The van der Waals surface area contributed by atoms with E-state index in [9.17, 15) is 0 Å². The minimum atomic E-state index is 0.544. The molecule has 2 heterocycles. The summed E-state index contributed by atoms with van der Waals surface area (Å²) in [4.78, 5) is 11.9. The monoisotopic (exact) mass is 259 g/mol. The summed E-state index contributed by atoms with van der Waals surface area (Å²) in [5.41, 5.74) is 2.58. The molecular formula is C13H10ClN3O. The molecule has 0 unspecified atom stereocenters. The van der Waals surface area contributed by atoms with Crippen molar-refractivity contribution < 1.29 is 4.74 Å². The molecule has 5 heteroatoms. The van der Waals surface area contributed by atoms with Crippen molar-refractivity contribution in [1.82, 2.24) is 15.0 Å². The largest absolute Gasteiger partial charge is 0.480 e. The molecule has 90 valence electrons. The number of aromatic amines is 1. The molecular weight excluding hydrogens is 250 g/mol. The van der Waals surface area contributed by atoms with Crippen LogP contribution in [0.25, 0.3) is 22.4 Å². The maximum absolute atomic E-state index is 5.95. The Bertz CT molecular complexity index is 708. The highest BCUT2D eigenvalue weighted by Gasteiger charge is 2.11. The average molecular weight is 260 g/mol. The smallest absolute Gasteiger partial charge is 0.224 e. The fourth-order valence-electron chi connectivity index (χ4n) is 1.84. The van der Waals surface area contributed by atoms with E-state index in [2.05, 4.69) is 15.0 Å². The van der Waals surface area contributed by atoms with Crippen molar-refractivity contribution >= 4 is 22.6 Å². The van der Waals surface area contributed by atoms with E-state index in [0.29, 0.717) is 10.9 Å². The second-order valence-electron chi connectivity index (χ2n) is 3.81. The fourth-order valence-corrected chi connectivity index (χ4v) is 2.02. The summed E-state index contributed by atoms with van der Waals surface area (Å²) in [6, 6.07) is 9.29. The molecule has 0 amide bonds. The molecule has 1 N–H and O–H groups in total. The number of nitrogens with zero attached hydrogens (tertiary/aromatic N) is 2. The third kappa shape index (κ3) is 1.80. The number of ether oxygens (including phenoxy) is 1. The first-order chi connectivity index (χ1) is 8.78. The molecule has 4 nitrogen and oxygen atoms in total. The zero-order valence-electron chi connectivity index (χ0n) is 9.64. The molecule has 0 atom stereocenters. The number of imidazole rings is 1. The van der Waals surface area contributed by atoms with Gasteiger partial charge in [-0.05, 0) is 30.3 Å². The molecule has 0 spiro atoms. The summed E-state index contributed by atoms with van der Waals surface area (Å²) in [6.45, 7) is 0. The summed E-state index contributed by atoms with van der Waals surface area (Å²) < 4.78 is 5.22. The molecule has 0 fully saturated rings. The number of hydrogen-bond acceptors (Lipinski definition) is 3. The van der Waals surface area contributed by atoms with Gasteiger partial charge in [-0.2, -0.15) is 0 Å². The maximum atomic E-state index is 5.95. The van der Waals surface area contributed by atoms with Crippen molar-refractivity contribution in [3.63, 3.8) is 0 Å². The van der Waals surface area contributed by atoms with Crippen LogP contribution in [0.2, 0.25) is 5.02 Å². The van der Waals surface area contributed by atoms with Crippen LogP contribution in [-0.2, 0) is 0 Å². The molecule has 0 aliphatic carbocycles. The Morgan fingerprint density at radius 1 is 1.28 bits per heavy atom. The number of H-pyrrole nitrogens is 1. The van der Waals surface area contributed by atoms with E-state index in [1.54, 1.807) is 13.3 Å². The van der Waals surface area contributed by atoms with E-state index >= 15 is 0 Å². The number of fused-ring (bicyclic) bond motifs is 1. The van der Waals surface area contributed by atoms with Gasteiger partial charge < -0.3 is 9.72 Å². The lowest BCUT2D eigenvalue weighted by Crippen LogP contribution is -1.91. The quantitative estimate of drug-likeness (QED) is 0.768. The molecule has 0 aliphatic heterocycles. The van der Waals surface area contributed by atoms with Gasteiger partial charge in [0, 0.05) is 11.2 Å². The standard InChI is InChI=1S/C13H10ClN3O/c1-18-13-9(3-2-6-15-13)12-16-10-5-4-8(14)7-11(10)17-12/h2-7H,1H3,(H,16,17). The van der Waals surface area contributed by atoms with Crippen LogP contribution < -0.4 is 4.74 Å². The zero-order chi connectivity index (χ0) is 12.5. The van der Waals surface area contributed by atoms with E-state index in [0.717, 1.165) is 22.4 Å². The molecule has 3 rings (SSSR count). The summed E-state index contributed by atoms with van der Waals surface area (Å²) in [6.07, 6.45) is 1.68. The first-order valence-electron chi connectivity index (χ1n) is 5.42. The number of hydrogen-bond donors (Lipinski definition) is 1. The van der Waals surface area contributed by atoms with Crippen molar-refractivity contribution in [3.8, 4) is 17.3 Å². The Morgan fingerprint density at radius 3 is 3.00 bits per heavy atom. The summed E-state index contributed by atoms with van der Waals surface area (Å²) in [5, 5.41) is 0.677. The molecule has 0 radical (unpaired) electrons. The highest BCUT2D eigenvalue weighted by atomic mass is 35.5. The predicted octanol–water partition coefficient (Wildman–Crippen LogP) is 3.29. The fraction of sp³-hybridized carbons (Fsp3) is 0.0769. The number of halogens is 1. The number of benzene rings is 1. The van der Waals surface area contributed by atoms with E-state index in [-0.39, 0.29) is 0 Å². The Morgan fingerprint density at radius 2 is 2.17 bits per heavy atom. The Balaban J connectivity index is 2.19. The van der Waals surface area contributed by atoms with Crippen LogP contribution in [0.1, 0.15) is 0 Å². The van der Waals surface area contributed by atoms with Gasteiger partial charge in [0.15, 0.2) is 0 Å². The molecule has 18 heavy (non-hydrogen) atoms. The second-order valence-corrected chi connectivity index (χ2v) is 4.24. The summed E-state index contributed by atoms with van der Waals surface area (Å²) in [5.74, 6) is 1.26. The number of aromatic nitrogens is 3. The SMILES string of the molecule is COc1ncccc1-c1nc2ccc(Cl)cc2[nH]1. The van der Waals surface area contributed by atoms with Crippen molar-refractivity contribution in [2.24, 2.45) is 0 Å². The van der Waals surface area contributed by atoms with Crippen LogP contribution in [-0.4, -0.2) is 22.1 Å². The summed E-state index contributed by atoms with van der Waals surface area (Å²) >= 11 is 5.95. The highest BCUT2D eigenvalue weighted by Crippen LogP contribution is 2.27. The van der Waals surface area contributed by atoms with Crippen LogP contribution in [0.15, 0.2) is 36.5 Å². The van der Waals surface area contributed by atoms with Gasteiger partial charge in [0.25, 0.3) is 0 Å². The lowest BCUT2D eigenvalue weighted by molar-refractivity contribution is 0.399. The third-order valence-electron chi connectivity index (χ3n) is 2.66. The number of rotatable bonds is 2. The molecule has 1 aromatic carbocycles. The Hall–Kier alpha value is -2.07. The van der Waals surface area contributed by atoms with E-state index in [1.807, 2.05) is 30.3 Å². The first kappa shape index (κ1) is 11.0. The first-order valence-corrected chi connectivity index (χ1v) is 5.80. The normalized spacial score (nSPS) is 10.8. The minimum absolute atomic E-state index is 0.544. The molecule has 3 aromatic rings. The topological polar surface area (TPSA) is 50.8 Å². The molecule has 0 aliphatic rings. The van der Waals surface area contributed by atoms with Crippen LogP contribution in [0, 0.1) is 0 Å². The van der Waals surface area contributed by atoms with Gasteiger partial charge in [0.05, 0.1) is 23.7 Å². The number of methoxy groups -OCH3 is 1. The Labute approximate surface area is 109 Å². The Kier molecular flexibility index (Phi) is 2.64. The predicted molar refractivity (Wildman–Crippen MR) is 70.9 cm³/mol. The number of pyridine rings is 1. The maximum Gasteiger partial charge on any atom is 0.224 e. The van der Waals surface area contributed by atoms with Crippen molar-refractivity contribution in [2.45, 2.75) is 0 Å². The van der Waals surface area contributed by atoms with Gasteiger partial charge >= 0.3 is 0 Å². The van der Waals surface area contributed by atoms with Gasteiger partial charge in [0.2, 0.25) is 5.88 Å².